The van der Waals surface area contributed by atoms with Gasteiger partial charge in [-0.25, -0.2) is 0 Å². The number of thioether (sulfide) groups is 1. The second-order valence-electron chi connectivity index (χ2n) is 7.34. The van der Waals surface area contributed by atoms with Crippen molar-refractivity contribution in [2.24, 2.45) is 0 Å². The lowest BCUT2D eigenvalue weighted by molar-refractivity contribution is -0.180. The molecule has 20 heavy (non-hydrogen) atoms. The fourth-order valence-corrected chi connectivity index (χ4v) is 5.09. The monoisotopic (exact) mass is 291 g/mol. The zero-order valence-corrected chi connectivity index (χ0v) is 13.8. The van der Waals surface area contributed by atoms with Crippen molar-refractivity contribution in [3.63, 3.8) is 0 Å². The fourth-order valence-electron chi connectivity index (χ4n) is 3.72. The molecule has 1 saturated heterocycles. The third-order valence-corrected chi connectivity index (χ3v) is 5.24. The maximum Gasteiger partial charge on any atom is 0.0760 e. The molecule has 0 aromatic heterocycles. The van der Waals surface area contributed by atoms with Crippen molar-refractivity contribution >= 4 is 11.8 Å². The van der Waals surface area contributed by atoms with Crippen LogP contribution in [-0.2, 0) is 11.2 Å². The van der Waals surface area contributed by atoms with Gasteiger partial charge in [0.05, 0.1) is 11.2 Å². The molecule has 110 valence electrons. The topological polar surface area (TPSA) is 12.5 Å². The van der Waals surface area contributed by atoms with Crippen molar-refractivity contribution in [3.05, 3.63) is 29.8 Å². The molecule has 0 saturated carbocycles. The first-order valence-corrected chi connectivity index (χ1v) is 8.38. The average molecular weight is 291 g/mol. The van der Waals surface area contributed by atoms with Gasteiger partial charge in [0.15, 0.2) is 0 Å². The first-order chi connectivity index (χ1) is 9.33. The Hall–Kier alpha value is -0.510. The molecule has 2 aliphatic rings. The zero-order chi connectivity index (χ0) is 14.4. The Morgan fingerprint density at radius 1 is 1.15 bits per heavy atom. The van der Waals surface area contributed by atoms with E-state index < -0.39 is 0 Å². The van der Waals surface area contributed by atoms with E-state index in [2.05, 4.69) is 56.9 Å². The van der Waals surface area contributed by atoms with Gasteiger partial charge in [-0.05, 0) is 45.7 Å². The minimum atomic E-state index is -0.0438. The molecule has 1 aromatic rings. The Labute approximate surface area is 126 Å². The summed E-state index contributed by atoms with van der Waals surface area (Å²) in [5.41, 5.74) is 1.43. The first kappa shape index (κ1) is 14.4. The molecule has 0 amide bonds. The van der Waals surface area contributed by atoms with Gasteiger partial charge in [0, 0.05) is 29.8 Å². The highest BCUT2D eigenvalue weighted by molar-refractivity contribution is 8.00. The lowest BCUT2D eigenvalue weighted by Crippen LogP contribution is -2.58. The second-order valence-corrected chi connectivity index (χ2v) is 8.68. The van der Waals surface area contributed by atoms with Gasteiger partial charge in [-0.2, -0.15) is 0 Å². The van der Waals surface area contributed by atoms with Crippen LogP contribution in [0.4, 0.5) is 0 Å². The summed E-state index contributed by atoms with van der Waals surface area (Å²) in [6, 6.07) is 8.83. The largest absolute Gasteiger partial charge is 0.367 e. The molecule has 0 N–H and O–H groups in total. The predicted molar refractivity (Wildman–Crippen MR) is 85.5 cm³/mol. The van der Waals surface area contributed by atoms with Crippen LogP contribution in [-0.4, -0.2) is 41.0 Å². The van der Waals surface area contributed by atoms with Crippen LogP contribution in [0.1, 0.15) is 33.3 Å². The molecule has 1 aromatic carbocycles. The molecule has 0 spiro atoms. The standard InChI is InChI=1S/C17H25NOS/c1-16(2)11-18(12-17(3,4)19-16)10-14-9-13-7-5-6-8-15(13)20-14/h5-8,14H,9-12H2,1-4H3. The van der Waals surface area contributed by atoms with Gasteiger partial charge >= 0.3 is 0 Å². The quantitative estimate of drug-likeness (QED) is 0.826. The van der Waals surface area contributed by atoms with Gasteiger partial charge in [0.25, 0.3) is 0 Å². The van der Waals surface area contributed by atoms with E-state index in [1.807, 2.05) is 11.8 Å². The minimum Gasteiger partial charge on any atom is -0.367 e. The SMILES string of the molecule is CC1(C)CN(CC2Cc3ccccc3S2)CC(C)(C)O1. The Kier molecular flexibility index (Phi) is 3.64. The van der Waals surface area contributed by atoms with E-state index >= 15 is 0 Å². The molecule has 2 heterocycles. The lowest BCUT2D eigenvalue weighted by Gasteiger charge is -2.47. The van der Waals surface area contributed by atoms with Crippen molar-refractivity contribution in [3.8, 4) is 0 Å². The molecular weight excluding hydrogens is 266 g/mol. The van der Waals surface area contributed by atoms with E-state index in [0.717, 1.165) is 19.6 Å². The summed E-state index contributed by atoms with van der Waals surface area (Å²) >= 11 is 2.05. The second kappa shape index (κ2) is 5.04. The van der Waals surface area contributed by atoms with Crippen LogP contribution < -0.4 is 0 Å². The smallest absolute Gasteiger partial charge is 0.0760 e. The van der Waals surface area contributed by atoms with E-state index in [4.69, 9.17) is 4.74 Å². The summed E-state index contributed by atoms with van der Waals surface area (Å²) < 4.78 is 6.17. The number of ether oxygens (including phenoxy) is 1. The van der Waals surface area contributed by atoms with E-state index in [9.17, 15) is 0 Å². The van der Waals surface area contributed by atoms with Gasteiger partial charge in [-0.3, -0.25) is 4.90 Å². The van der Waals surface area contributed by atoms with Gasteiger partial charge in [0.1, 0.15) is 0 Å². The Morgan fingerprint density at radius 2 is 1.80 bits per heavy atom. The summed E-state index contributed by atoms with van der Waals surface area (Å²) in [4.78, 5) is 4.07. The maximum absolute atomic E-state index is 6.17. The average Bonchev–Trinajstić information content (AvgIpc) is 2.66. The third-order valence-electron chi connectivity index (χ3n) is 3.94. The minimum absolute atomic E-state index is 0.0438. The number of benzene rings is 1. The fraction of sp³-hybridized carbons (Fsp3) is 0.647. The number of rotatable bonds is 2. The summed E-state index contributed by atoms with van der Waals surface area (Å²) in [6.45, 7) is 12.0. The normalized spacial score (nSPS) is 28.3. The molecule has 0 bridgehead atoms. The molecule has 0 radical (unpaired) electrons. The molecule has 2 nitrogen and oxygen atoms in total. The van der Waals surface area contributed by atoms with Crippen molar-refractivity contribution in [1.82, 2.24) is 4.90 Å². The van der Waals surface area contributed by atoms with Gasteiger partial charge in [-0.15, -0.1) is 11.8 Å². The van der Waals surface area contributed by atoms with Gasteiger partial charge in [-0.1, -0.05) is 18.2 Å². The van der Waals surface area contributed by atoms with Crippen molar-refractivity contribution in [2.75, 3.05) is 19.6 Å². The highest BCUT2D eigenvalue weighted by Crippen LogP contribution is 2.38. The molecule has 1 unspecified atom stereocenters. The number of hydrogen-bond donors (Lipinski definition) is 0. The van der Waals surface area contributed by atoms with E-state index in [-0.39, 0.29) is 11.2 Å². The summed E-state index contributed by atoms with van der Waals surface area (Å²) in [6.07, 6.45) is 1.21. The highest BCUT2D eigenvalue weighted by Gasteiger charge is 2.39. The Bertz CT molecular complexity index is 457. The molecule has 3 rings (SSSR count). The number of morpholine rings is 1. The molecular formula is C17H25NOS. The van der Waals surface area contributed by atoms with E-state index in [0.29, 0.717) is 5.25 Å². The molecule has 2 aliphatic heterocycles. The highest BCUT2D eigenvalue weighted by atomic mass is 32.2. The number of fused-ring (bicyclic) bond motifs is 1. The zero-order valence-electron chi connectivity index (χ0n) is 13.0. The van der Waals surface area contributed by atoms with Crippen LogP contribution in [0.3, 0.4) is 0 Å². The Morgan fingerprint density at radius 3 is 2.45 bits per heavy atom. The molecule has 1 atom stereocenters. The van der Waals surface area contributed by atoms with Gasteiger partial charge < -0.3 is 4.74 Å². The summed E-state index contributed by atoms with van der Waals surface area (Å²) in [5.74, 6) is 0. The Balaban J connectivity index is 1.65. The molecule has 1 fully saturated rings. The van der Waals surface area contributed by atoms with Crippen LogP contribution in [0.2, 0.25) is 0 Å². The van der Waals surface area contributed by atoms with Crippen molar-refractivity contribution < 1.29 is 4.74 Å². The van der Waals surface area contributed by atoms with Crippen molar-refractivity contribution in [2.45, 2.75) is 55.5 Å². The molecule has 0 aliphatic carbocycles. The van der Waals surface area contributed by atoms with E-state index in [1.165, 1.54) is 16.9 Å². The summed E-state index contributed by atoms with van der Waals surface area (Å²) in [5, 5.41) is 0.692. The molecule has 3 heteroatoms. The third kappa shape index (κ3) is 3.21. The lowest BCUT2D eigenvalue weighted by atomic mass is 9.98. The first-order valence-electron chi connectivity index (χ1n) is 7.50. The van der Waals surface area contributed by atoms with Crippen LogP contribution in [0, 0.1) is 0 Å². The van der Waals surface area contributed by atoms with Crippen LogP contribution >= 0.6 is 11.8 Å². The predicted octanol–water partition coefficient (Wildman–Crippen LogP) is 3.59. The maximum atomic E-state index is 6.17. The van der Waals surface area contributed by atoms with Gasteiger partial charge in [0.2, 0.25) is 0 Å². The van der Waals surface area contributed by atoms with Crippen LogP contribution in [0.25, 0.3) is 0 Å². The summed E-state index contributed by atoms with van der Waals surface area (Å²) in [7, 11) is 0. The number of nitrogens with zero attached hydrogens (tertiary/aromatic N) is 1. The van der Waals surface area contributed by atoms with E-state index in [1.54, 1.807) is 0 Å². The van der Waals surface area contributed by atoms with Crippen molar-refractivity contribution in [1.29, 1.82) is 0 Å². The van der Waals surface area contributed by atoms with Crippen LogP contribution in [0.5, 0.6) is 0 Å². The number of hydrogen-bond acceptors (Lipinski definition) is 3. The van der Waals surface area contributed by atoms with Crippen LogP contribution in [0.15, 0.2) is 29.2 Å².